The number of rotatable bonds is 3. The van der Waals surface area contributed by atoms with Crippen molar-refractivity contribution in [2.75, 3.05) is 6.54 Å². The van der Waals surface area contributed by atoms with E-state index in [9.17, 15) is 8.42 Å². The van der Waals surface area contributed by atoms with E-state index in [4.69, 9.17) is 17.3 Å². The molecule has 0 amide bonds. The van der Waals surface area contributed by atoms with E-state index in [1.807, 2.05) is 0 Å². The maximum absolute atomic E-state index is 12.1. The third-order valence-corrected chi connectivity index (χ3v) is 5.47. The van der Waals surface area contributed by atoms with Crippen molar-refractivity contribution in [3.63, 3.8) is 0 Å². The maximum atomic E-state index is 12.1. The lowest BCUT2D eigenvalue weighted by atomic mass is 10.1. The maximum Gasteiger partial charge on any atom is 0.181 e. The number of hydrogen-bond acceptors (Lipinski definition) is 3. The van der Waals surface area contributed by atoms with Gasteiger partial charge in [-0.3, -0.25) is 0 Å². The normalized spacial score (nSPS) is 22.0. The van der Waals surface area contributed by atoms with Crippen LogP contribution in [0.15, 0.2) is 23.1 Å². The summed E-state index contributed by atoms with van der Waals surface area (Å²) in [5.41, 5.74) is 6.25. The molecular weight excluding hydrogens is 246 g/mol. The predicted octanol–water partition coefficient (Wildman–Crippen LogP) is 1.78. The first-order valence-electron chi connectivity index (χ1n) is 5.28. The third-order valence-electron chi connectivity index (χ3n) is 2.95. The van der Waals surface area contributed by atoms with E-state index < -0.39 is 9.84 Å². The smallest absolute Gasteiger partial charge is 0.181 e. The van der Waals surface area contributed by atoms with Crippen molar-refractivity contribution in [2.24, 2.45) is 5.73 Å². The highest BCUT2D eigenvalue weighted by Crippen LogP contribution is 2.34. The van der Waals surface area contributed by atoms with Crippen LogP contribution in [-0.4, -0.2) is 20.2 Å². The minimum absolute atomic E-state index is 0.315. The number of fused-ring (bicyclic) bond motifs is 1. The average Bonchev–Trinajstić information content (AvgIpc) is 2.47. The molecule has 1 aliphatic heterocycles. The average molecular weight is 260 g/mol. The van der Waals surface area contributed by atoms with Gasteiger partial charge in [-0.15, -0.1) is 0 Å². The van der Waals surface area contributed by atoms with Crippen LogP contribution in [0.1, 0.15) is 18.4 Å². The van der Waals surface area contributed by atoms with Crippen LogP contribution in [0.3, 0.4) is 0 Å². The minimum Gasteiger partial charge on any atom is -0.330 e. The van der Waals surface area contributed by atoms with Gasteiger partial charge in [-0.05, 0) is 49.6 Å². The zero-order chi connectivity index (χ0) is 11.8. The second-order valence-corrected chi connectivity index (χ2v) is 6.69. The molecule has 2 N–H and O–H groups in total. The summed E-state index contributed by atoms with van der Waals surface area (Å²) >= 11 is 5.85. The van der Waals surface area contributed by atoms with E-state index in [0.29, 0.717) is 29.3 Å². The molecule has 1 aromatic carbocycles. The number of sulfone groups is 1. The lowest BCUT2D eigenvalue weighted by Gasteiger charge is -2.07. The fraction of sp³-hybridized carbons (Fsp3) is 0.455. The minimum atomic E-state index is -3.15. The van der Waals surface area contributed by atoms with Crippen LogP contribution < -0.4 is 5.73 Å². The van der Waals surface area contributed by atoms with Gasteiger partial charge in [-0.25, -0.2) is 8.42 Å². The number of benzene rings is 1. The molecule has 0 saturated carbocycles. The molecule has 1 aromatic rings. The second kappa shape index (κ2) is 4.35. The Balaban J connectivity index is 2.34. The van der Waals surface area contributed by atoms with Gasteiger partial charge >= 0.3 is 0 Å². The van der Waals surface area contributed by atoms with Crippen LogP contribution in [0.4, 0.5) is 0 Å². The van der Waals surface area contributed by atoms with Crippen LogP contribution >= 0.6 is 11.6 Å². The van der Waals surface area contributed by atoms with Crippen LogP contribution in [0.25, 0.3) is 0 Å². The Hall–Kier alpha value is -0.580. The van der Waals surface area contributed by atoms with Crippen molar-refractivity contribution < 1.29 is 8.42 Å². The molecule has 1 unspecified atom stereocenters. The molecule has 3 nitrogen and oxygen atoms in total. The Morgan fingerprint density at radius 3 is 2.88 bits per heavy atom. The van der Waals surface area contributed by atoms with Crippen molar-refractivity contribution in [3.8, 4) is 0 Å². The van der Waals surface area contributed by atoms with Gasteiger partial charge in [0.15, 0.2) is 9.84 Å². The van der Waals surface area contributed by atoms with Crippen molar-refractivity contribution in [1.29, 1.82) is 0 Å². The molecule has 16 heavy (non-hydrogen) atoms. The highest BCUT2D eigenvalue weighted by atomic mass is 35.5. The van der Waals surface area contributed by atoms with Crippen molar-refractivity contribution in [2.45, 2.75) is 29.4 Å². The van der Waals surface area contributed by atoms with Crippen LogP contribution in [-0.2, 0) is 16.3 Å². The molecule has 0 saturated heterocycles. The molecule has 1 heterocycles. The fourth-order valence-corrected chi connectivity index (χ4v) is 4.32. The zero-order valence-electron chi connectivity index (χ0n) is 8.82. The molecule has 88 valence electrons. The Morgan fingerprint density at radius 2 is 2.19 bits per heavy atom. The lowest BCUT2D eigenvalue weighted by molar-refractivity contribution is 0.575. The molecule has 0 aliphatic carbocycles. The highest BCUT2D eigenvalue weighted by Gasteiger charge is 2.36. The monoisotopic (exact) mass is 259 g/mol. The molecule has 5 heteroatoms. The first-order chi connectivity index (χ1) is 7.55. The van der Waals surface area contributed by atoms with E-state index in [0.717, 1.165) is 12.0 Å². The number of halogens is 1. The van der Waals surface area contributed by atoms with Crippen LogP contribution in [0, 0.1) is 0 Å². The van der Waals surface area contributed by atoms with E-state index in [1.54, 1.807) is 18.2 Å². The SMILES string of the molecule is NCCCC1Cc2cc(Cl)ccc2S1(=O)=O. The largest absolute Gasteiger partial charge is 0.330 e. The molecular formula is C11H14ClNO2S. The van der Waals surface area contributed by atoms with Gasteiger partial charge in [0, 0.05) is 5.02 Å². The first-order valence-corrected chi connectivity index (χ1v) is 7.20. The second-order valence-electron chi connectivity index (χ2n) is 4.05. The Kier molecular flexibility index (Phi) is 3.24. The molecule has 2 rings (SSSR count). The standard InChI is InChI=1S/C11H14ClNO2S/c12-9-3-4-11-8(6-9)7-10(2-1-5-13)16(11,14)15/h3-4,6,10H,1-2,5,7,13H2. The summed E-state index contributed by atoms with van der Waals surface area (Å²) < 4.78 is 24.2. The van der Waals surface area contributed by atoms with E-state index in [-0.39, 0.29) is 5.25 Å². The molecule has 1 aliphatic rings. The molecule has 0 fully saturated rings. The van der Waals surface area contributed by atoms with Gasteiger partial charge in [-0.2, -0.15) is 0 Å². The summed E-state index contributed by atoms with van der Waals surface area (Å²) in [7, 11) is -3.15. The quantitative estimate of drug-likeness (QED) is 0.900. The molecule has 1 atom stereocenters. The van der Waals surface area contributed by atoms with Gasteiger partial charge in [-0.1, -0.05) is 11.6 Å². The van der Waals surface area contributed by atoms with Crippen molar-refractivity contribution in [3.05, 3.63) is 28.8 Å². The highest BCUT2D eigenvalue weighted by molar-refractivity contribution is 7.92. The zero-order valence-corrected chi connectivity index (χ0v) is 10.4. The topological polar surface area (TPSA) is 60.2 Å². The molecule has 0 spiro atoms. The van der Waals surface area contributed by atoms with Gasteiger partial charge < -0.3 is 5.73 Å². The Bertz CT molecular complexity index is 499. The summed E-state index contributed by atoms with van der Waals surface area (Å²) in [6.45, 7) is 0.531. The summed E-state index contributed by atoms with van der Waals surface area (Å²) in [6.07, 6.45) is 1.94. The summed E-state index contributed by atoms with van der Waals surface area (Å²) in [5, 5.41) is 0.276. The van der Waals surface area contributed by atoms with Gasteiger partial charge in [0.25, 0.3) is 0 Å². The van der Waals surface area contributed by atoms with Crippen LogP contribution in [0.2, 0.25) is 5.02 Å². The summed E-state index contributed by atoms with van der Waals surface area (Å²) in [4.78, 5) is 0.443. The van der Waals surface area contributed by atoms with E-state index in [2.05, 4.69) is 0 Å². The van der Waals surface area contributed by atoms with Gasteiger partial charge in [0.05, 0.1) is 10.1 Å². The number of hydrogen-bond donors (Lipinski definition) is 1. The fourth-order valence-electron chi connectivity index (χ4n) is 2.12. The van der Waals surface area contributed by atoms with Crippen molar-refractivity contribution >= 4 is 21.4 Å². The van der Waals surface area contributed by atoms with E-state index >= 15 is 0 Å². The molecule has 0 aromatic heterocycles. The number of nitrogens with two attached hydrogens (primary N) is 1. The van der Waals surface area contributed by atoms with Gasteiger partial charge in [0.1, 0.15) is 0 Å². The Labute approximate surface area is 101 Å². The summed E-state index contributed by atoms with van der Waals surface area (Å²) in [5.74, 6) is 0. The molecule has 0 radical (unpaired) electrons. The molecule has 0 bridgehead atoms. The third kappa shape index (κ3) is 1.97. The van der Waals surface area contributed by atoms with Crippen molar-refractivity contribution in [1.82, 2.24) is 0 Å². The lowest BCUT2D eigenvalue weighted by Crippen LogP contribution is -2.18. The Morgan fingerprint density at radius 1 is 1.44 bits per heavy atom. The van der Waals surface area contributed by atoms with Gasteiger partial charge in [0.2, 0.25) is 0 Å². The predicted molar refractivity (Wildman–Crippen MR) is 64.4 cm³/mol. The summed E-state index contributed by atoms with van der Waals surface area (Å²) in [6, 6.07) is 4.98. The van der Waals surface area contributed by atoms with Crippen LogP contribution in [0.5, 0.6) is 0 Å². The van der Waals surface area contributed by atoms with E-state index in [1.165, 1.54) is 0 Å². The first kappa shape index (κ1) is 11.9.